The maximum atomic E-state index is 6.06. The molecule has 4 atom stereocenters. The zero-order valence-electron chi connectivity index (χ0n) is 13.5. The number of piperidine rings is 1. The van der Waals surface area contributed by atoms with Crippen LogP contribution in [0.3, 0.4) is 0 Å². The number of likely N-dealkylation sites (tertiary alicyclic amines) is 1. The lowest BCUT2D eigenvalue weighted by Gasteiger charge is -2.46. The maximum absolute atomic E-state index is 6.06. The molecule has 0 aliphatic carbocycles. The molecule has 0 spiro atoms. The minimum Gasteiger partial charge on any atom is -0.492 e. The van der Waals surface area contributed by atoms with Crippen LogP contribution in [0.1, 0.15) is 45.2 Å². The molecular formula is C18H28N2O. The first kappa shape index (κ1) is 14.9. The van der Waals surface area contributed by atoms with Crippen LogP contribution in [0.4, 0.5) is 0 Å². The van der Waals surface area contributed by atoms with Gasteiger partial charge in [-0.2, -0.15) is 0 Å². The van der Waals surface area contributed by atoms with E-state index in [9.17, 15) is 0 Å². The van der Waals surface area contributed by atoms with Crippen molar-refractivity contribution in [2.45, 2.75) is 51.7 Å². The number of hydrogen-bond donors (Lipinski definition) is 1. The Labute approximate surface area is 128 Å². The second-order valence-corrected chi connectivity index (χ2v) is 6.67. The van der Waals surface area contributed by atoms with Crippen molar-refractivity contribution in [3.05, 3.63) is 29.8 Å². The second kappa shape index (κ2) is 6.37. The number of nitrogens with one attached hydrogen (secondary N) is 1. The van der Waals surface area contributed by atoms with Crippen molar-refractivity contribution in [3.8, 4) is 5.75 Å². The van der Waals surface area contributed by atoms with Gasteiger partial charge in [0, 0.05) is 11.6 Å². The SMILES string of the molecule is CCNC1c2ccccc2OCC1N1CCC(C)CC1C. The third-order valence-corrected chi connectivity index (χ3v) is 5.09. The molecule has 2 aliphatic heterocycles. The molecule has 2 heterocycles. The summed E-state index contributed by atoms with van der Waals surface area (Å²) in [5.74, 6) is 1.91. The van der Waals surface area contributed by atoms with Crippen LogP contribution in [-0.4, -0.2) is 36.7 Å². The molecule has 2 aliphatic rings. The van der Waals surface area contributed by atoms with Gasteiger partial charge in [-0.05, 0) is 44.8 Å². The highest BCUT2D eigenvalue weighted by Gasteiger charge is 2.38. The van der Waals surface area contributed by atoms with E-state index in [-0.39, 0.29) is 0 Å². The summed E-state index contributed by atoms with van der Waals surface area (Å²) in [6.45, 7) is 9.93. The van der Waals surface area contributed by atoms with Gasteiger partial charge in [0.1, 0.15) is 12.4 Å². The highest BCUT2D eigenvalue weighted by Crippen LogP contribution is 2.36. The second-order valence-electron chi connectivity index (χ2n) is 6.67. The van der Waals surface area contributed by atoms with Crippen LogP contribution >= 0.6 is 0 Å². The van der Waals surface area contributed by atoms with E-state index in [0.717, 1.165) is 24.8 Å². The van der Waals surface area contributed by atoms with Crippen LogP contribution in [0, 0.1) is 5.92 Å². The molecule has 1 fully saturated rings. The van der Waals surface area contributed by atoms with Crippen molar-refractivity contribution in [1.82, 2.24) is 10.2 Å². The Hall–Kier alpha value is -1.06. The van der Waals surface area contributed by atoms with Crippen molar-refractivity contribution >= 4 is 0 Å². The van der Waals surface area contributed by atoms with Gasteiger partial charge in [0.2, 0.25) is 0 Å². The van der Waals surface area contributed by atoms with Crippen molar-refractivity contribution in [2.75, 3.05) is 19.7 Å². The van der Waals surface area contributed by atoms with Gasteiger partial charge in [-0.3, -0.25) is 4.90 Å². The van der Waals surface area contributed by atoms with E-state index in [2.05, 4.69) is 55.3 Å². The number of fused-ring (bicyclic) bond motifs is 1. The largest absolute Gasteiger partial charge is 0.492 e. The predicted molar refractivity (Wildman–Crippen MR) is 86.7 cm³/mol. The molecule has 1 aromatic carbocycles. The van der Waals surface area contributed by atoms with Gasteiger partial charge in [0.25, 0.3) is 0 Å². The van der Waals surface area contributed by atoms with Crippen LogP contribution in [-0.2, 0) is 0 Å². The molecular weight excluding hydrogens is 260 g/mol. The van der Waals surface area contributed by atoms with E-state index in [1.165, 1.54) is 24.9 Å². The topological polar surface area (TPSA) is 24.5 Å². The summed E-state index contributed by atoms with van der Waals surface area (Å²) in [7, 11) is 0. The van der Waals surface area contributed by atoms with E-state index in [1.54, 1.807) is 0 Å². The quantitative estimate of drug-likeness (QED) is 0.924. The van der Waals surface area contributed by atoms with E-state index in [1.807, 2.05) is 0 Å². The smallest absolute Gasteiger partial charge is 0.124 e. The van der Waals surface area contributed by atoms with Crippen molar-refractivity contribution in [2.24, 2.45) is 5.92 Å². The molecule has 1 aromatic rings. The standard InChI is InChI=1S/C18H28N2O/c1-4-19-18-15-7-5-6-8-17(15)21-12-16(18)20-10-9-13(2)11-14(20)3/h5-8,13-14,16,18-19H,4,9-12H2,1-3H3. The number of hydrogen-bond acceptors (Lipinski definition) is 3. The van der Waals surface area contributed by atoms with E-state index in [0.29, 0.717) is 18.1 Å². The zero-order valence-corrected chi connectivity index (χ0v) is 13.5. The molecule has 0 saturated carbocycles. The van der Waals surface area contributed by atoms with Crippen LogP contribution in [0.2, 0.25) is 0 Å². The average molecular weight is 288 g/mol. The summed E-state index contributed by atoms with van der Waals surface area (Å²) >= 11 is 0. The summed E-state index contributed by atoms with van der Waals surface area (Å²) in [5, 5.41) is 3.70. The first-order chi connectivity index (χ1) is 10.2. The molecule has 3 nitrogen and oxygen atoms in total. The Bertz CT molecular complexity index is 476. The molecule has 0 radical (unpaired) electrons. The molecule has 1 saturated heterocycles. The Balaban J connectivity index is 1.85. The van der Waals surface area contributed by atoms with Crippen LogP contribution in [0.15, 0.2) is 24.3 Å². The van der Waals surface area contributed by atoms with Crippen LogP contribution in [0.25, 0.3) is 0 Å². The van der Waals surface area contributed by atoms with Gasteiger partial charge in [-0.25, -0.2) is 0 Å². The predicted octanol–water partition coefficient (Wildman–Crippen LogP) is 3.22. The maximum Gasteiger partial charge on any atom is 0.124 e. The van der Waals surface area contributed by atoms with Gasteiger partial charge in [-0.15, -0.1) is 0 Å². The Morgan fingerprint density at radius 2 is 2.10 bits per heavy atom. The van der Waals surface area contributed by atoms with E-state index in [4.69, 9.17) is 4.74 Å². The average Bonchev–Trinajstić information content (AvgIpc) is 2.48. The summed E-state index contributed by atoms with van der Waals surface area (Å²) in [6, 6.07) is 9.97. The first-order valence-corrected chi connectivity index (χ1v) is 8.41. The Morgan fingerprint density at radius 3 is 2.86 bits per heavy atom. The molecule has 0 aromatic heterocycles. The van der Waals surface area contributed by atoms with Crippen molar-refractivity contribution in [3.63, 3.8) is 0 Å². The number of rotatable bonds is 3. The molecule has 21 heavy (non-hydrogen) atoms. The van der Waals surface area contributed by atoms with Gasteiger partial charge in [-0.1, -0.05) is 32.0 Å². The Kier molecular flexibility index (Phi) is 4.51. The number of benzene rings is 1. The van der Waals surface area contributed by atoms with E-state index < -0.39 is 0 Å². The highest BCUT2D eigenvalue weighted by molar-refractivity contribution is 5.38. The molecule has 4 unspecified atom stereocenters. The lowest BCUT2D eigenvalue weighted by Crippen LogP contribution is -2.55. The molecule has 1 N–H and O–H groups in total. The van der Waals surface area contributed by atoms with Crippen molar-refractivity contribution in [1.29, 1.82) is 0 Å². The third kappa shape index (κ3) is 2.95. The van der Waals surface area contributed by atoms with Gasteiger partial charge in [0.05, 0.1) is 12.1 Å². The molecule has 0 amide bonds. The van der Waals surface area contributed by atoms with Crippen LogP contribution < -0.4 is 10.1 Å². The lowest BCUT2D eigenvalue weighted by molar-refractivity contribution is 0.0250. The molecule has 116 valence electrons. The fourth-order valence-electron chi connectivity index (χ4n) is 4.02. The van der Waals surface area contributed by atoms with Gasteiger partial charge < -0.3 is 10.1 Å². The summed E-state index contributed by atoms with van der Waals surface area (Å²) in [5.41, 5.74) is 1.32. The zero-order chi connectivity index (χ0) is 14.8. The summed E-state index contributed by atoms with van der Waals surface area (Å²) in [4.78, 5) is 2.67. The third-order valence-electron chi connectivity index (χ3n) is 5.09. The number of nitrogens with zero attached hydrogens (tertiary/aromatic N) is 1. The van der Waals surface area contributed by atoms with Crippen molar-refractivity contribution < 1.29 is 4.74 Å². The van der Waals surface area contributed by atoms with Crippen LogP contribution in [0.5, 0.6) is 5.75 Å². The summed E-state index contributed by atoms with van der Waals surface area (Å²) in [6.07, 6.45) is 2.61. The number of para-hydroxylation sites is 1. The first-order valence-electron chi connectivity index (χ1n) is 8.41. The highest BCUT2D eigenvalue weighted by atomic mass is 16.5. The lowest BCUT2D eigenvalue weighted by atomic mass is 9.88. The monoisotopic (exact) mass is 288 g/mol. The number of likely N-dealkylation sites (N-methyl/N-ethyl adjacent to an activating group) is 1. The molecule has 0 bridgehead atoms. The van der Waals surface area contributed by atoms with E-state index >= 15 is 0 Å². The van der Waals surface area contributed by atoms with Gasteiger partial charge in [0.15, 0.2) is 0 Å². The minimum atomic E-state index is 0.385. The molecule has 3 heteroatoms. The minimum absolute atomic E-state index is 0.385. The number of ether oxygens (including phenoxy) is 1. The normalized spacial score (nSPS) is 33.3. The molecule has 3 rings (SSSR count). The summed E-state index contributed by atoms with van der Waals surface area (Å²) < 4.78 is 6.06. The van der Waals surface area contributed by atoms with Gasteiger partial charge >= 0.3 is 0 Å². The fraction of sp³-hybridized carbons (Fsp3) is 0.667. The fourth-order valence-corrected chi connectivity index (χ4v) is 4.02. The Morgan fingerprint density at radius 1 is 1.29 bits per heavy atom.